The van der Waals surface area contributed by atoms with Crippen LogP contribution in [0.3, 0.4) is 0 Å². The minimum Gasteiger partial charge on any atom is -0.493 e. The Balaban J connectivity index is 2.87. The molecule has 0 fully saturated rings. The third kappa shape index (κ3) is 3.42. The maximum Gasteiger partial charge on any atom is 0.225 e. The van der Waals surface area contributed by atoms with Crippen LogP contribution in [0.15, 0.2) is 24.3 Å². The van der Waals surface area contributed by atoms with Crippen LogP contribution >= 0.6 is 0 Å². The Hall–Kier alpha value is -1.77. The average Bonchev–Trinajstić information content (AvgIpc) is 2.34. The lowest BCUT2D eigenvalue weighted by atomic mass is 10.2. The second-order valence-corrected chi connectivity index (χ2v) is 3.21. The van der Waals surface area contributed by atoms with E-state index in [2.05, 4.69) is 0 Å². The van der Waals surface area contributed by atoms with Gasteiger partial charge < -0.3 is 9.47 Å². The van der Waals surface area contributed by atoms with E-state index in [9.17, 15) is 4.79 Å². The topological polar surface area (TPSA) is 35.5 Å². The fourth-order valence-corrected chi connectivity index (χ4v) is 1.25. The van der Waals surface area contributed by atoms with Gasteiger partial charge in [-0.1, -0.05) is 19.1 Å². The minimum atomic E-state index is 0.660. The molecule has 0 unspecified atom stereocenters. The van der Waals surface area contributed by atoms with Crippen molar-refractivity contribution in [1.29, 1.82) is 0 Å². The monoisotopic (exact) mass is 219 g/mol. The first kappa shape index (κ1) is 12.3. The zero-order valence-corrected chi connectivity index (χ0v) is 9.53. The van der Waals surface area contributed by atoms with Crippen molar-refractivity contribution in [2.24, 2.45) is 0 Å². The maximum atomic E-state index is 10.1. The maximum absolute atomic E-state index is 10.1. The number of methoxy groups -OCH3 is 1. The summed E-state index contributed by atoms with van der Waals surface area (Å²) >= 11 is 0. The third-order valence-electron chi connectivity index (χ3n) is 1.99. The van der Waals surface area contributed by atoms with Crippen molar-refractivity contribution in [3.8, 4) is 11.5 Å². The van der Waals surface area contributed by atoms with Crippen LogP contribution < -0.4 is 9.47 Å². The Morgan fingerprint density at radius 2 is 2.19 bits per heavy atom. The SMILES string of the molecule is CCCOc1ccc(/C=C/[C]=O)cc1OC. The molecule has 0 heterocycles. The van der Waals surface area contributed by atoms with Gasteiger partial charge in [0.15, 0.2) is 11.5 Å². The van der Waals surface area contributed by atoms with E-state index >= 15 is 0 Å². The van der Waals surface area contributed by atoms with Gasteiger partial charge in [-0.15, -0.1) is 0 Å². The van der Waals surface area contributed by atoms with E-state index in [-0.39, 0.29) is 0 Å². The van der Waals surface area contributed by atoms with Gasteiger partial charge in [0.1, 0.15) is 0 Å². The smallest absolute Gasteiger partial charge is 0.225 e. The molecule has 0 amide bonds. The van der Waals surface area contributed by atoms with Gasteiger partial charge in [0.25, 0.3) is 0 Å². The van der Waals surface area contributed by atoms with E-state index in [0.29, 0.717) is 12.4 Å². The van der Waals surface area contributed by atoms with E-state index in [4.69, 9.17) is 9.47 Å². The molecular formula is C13H15O3. The van der Waals surface area contributed by atoms with Crippen molar-refractivity contribution < 1.29 is 14.3 Å². The normalized spacial score (nSPS) is 10.4. The highest BCUT2D eigenvalue weighted by Gasteiger charge is 2.03. The number of hydrogen-bond donors (Lipinski definition) is 0. The number of hydrogen-bond acceptors (Lipinski definition) is 3. The van der Waals surface area contributed by atoms with E-state index in [1.54, 1.807) is 19.5 Å². The number of rotatable bonds is 6. The van der Waals surface area contributed by atoms with Gasteiger partial charge in [0.05, 0.1) is 13.7 Å². The molecular weight excluding hydrogens is 204 g/mol. The molecule has 85 valence electrons. The van der Waals surface area contributed by atoms with Crippen LogP contribution in [0, 0.1) is 0 Å². The lowest BCUT2D eigenvalue weighted by molar-refractivity contribution is 0.294. The fraction of sp³-hybridized carbons (Fsp3) is 0.308. The number of allylic oxidation sites excluding steroid dienone is 1. The van der Waals surface area contributed by atoms with E-state index in [1.165, 1.54) is 6.08 Å². The van der Waals surface area contributed by atoms with Gasteiger partial charge in [-0.3, -0.25) is 4.79 Å². The van der Waals surface area contributed by atoms with Crippen LogP contribution in [-0.4, -0.2) is 20.0 Å². The van der Waals surface area contributed by atoms with Crippen molar-refractivity contribution in [3.63, 3.8) is 0 Å². The number of carbonyl (C=O) groups excluding carboxylic acids is 1. The molecule has 0 saturated carbocycles. The summed E-state index contributed by atoms with van der Waals surface area (Å²) in [4.78, 5) is 10.1. The van der Waals surface area contributed by atoms with Crippen molar-refractivity contribution in [1.82, 2.24) is 0 Å². The molecule has 0 atom stereocenters. The van der Waals surface area contributed by atoms with Crippen molar-refractivity contribution >= 4 is 12.4 Å². The summed E-state index contributed by atoms with van der Waals surface area (Å²) in [5, 5.41) is 0. The lowest BCUT2D eigenvalue weighted by Crippen LogP contribution is -1.97. The van der Waals surface area contributed by atoms with Crippen molar-refractivity contribution in [2.75, 3.05) is 13.7 Å². The minimum absolute atomic E-state index is 0.660. The molecule has 0 aliphatic rings. The van der Waals surface area contributed by atoms with Gasteiger partial charge in [-0.2, -0.15) is 0 Å². The van der Waals surface area contributed by atoms with Crippen LogP contribution in [-0.2, 0) is 4.79 Å². The van der Waals surface area contributed by atoms with Gasteiger partial charge in [-0.05, 0) is 30.2 Å². The molecule has 1 aromatic rings. The fourth-order valence-electron chi connectivity index (χ4n) is 1.25. The van der Waals surface area contributed by atoms with Crippen LogP contribution in [0.25, 0.3) is 6.08 Å². The Morgan fingerprint density at radius 1 is 1.38 bits per heavy atom. The second kappa shape index (κ2) is 6.67. The van der Waals surface area contributed by atoms with Crippen LogP contribution in [0.5, 0.6) is 11.5 Å². The second-order valence-electron chi connectivity index (χ2n) is 3.21. The Labute approximate surface area is 95.7 Å². The standard InChI is InChI=1S/C13H15O3/c1-3-9-16-12-7-6-11(5-4-8-14)10-13(12)15-2/h4-7,10H,3,9H2,1-2H3/b5-4+. The molecule has 0 aliphatic heterocycles. The summed E-state index contributed by atoms with van der Waals surface area (Å²) in [6.45, 7) is 2.71. The van der Waals surface area contributed by atoms with E-state index < -0.39 is 0 Å². The molecule has 3 nitrogen and oxygen atoms in total. The highest BCUT2D eigenvalue weighted by molar-refractivity contribution is 5.74. The predicted octanol–water partition coefficient (Wildman–Crippen LogP) is 2.61. The first-order valence-corrected chi connectivity index (χ1v) is 5.17. The first-order valence-electron chi connectivity index (χ1n) is 5.17. The van der Waals surface area contributed by atoms with Gasteiger partial charge in [0.2, 0.25) is 6.29 Å². The molecule has 0 N–H and O–H groups in total. The Morgan fingerprint density at radius 3 is 2.81 bits per heavy atom. The van der Waals surface area contributed by atoms with Crippen molar-refractivity contribution in [3.05, 3.63) is 29.8 Å². The largest absolute Gasteiger partial charge is 0.493 e. The first-order chi connectivity index (χ1) is 7.81. The van der Waals surface area contributed by atoms with Crippen LogP contribution in [0.1, 0.15) is 18.9 Å². The van der Waals surface area contributed by atoms with Crippen LogP contribution in [0.4, 0.5) is 0 Å². The van der Waals surface area contributed by atoms with Crippen LogP contribution in [0.2, 0.25) is 0 Å². The zero-order valence-electron chi connectivity index (χ0n) is 9.53. The predicted molar refractivity (Wildman–Crippen MR) is 63.5 cm³/mol. The summed E-state index contributed by atoms with van der Waals surface area (Å²) in [6.07, 6.45) is 5.64. The molecule has 0 saturated heterocycles. The molecule has 0 aromatic heterocycles. The molecule has 16 heavy (non-hydrogen) atoms. The lowest BCUT2D eigenvalue weighted by Gasteiger charge is -2.10. The molecule has 1 aromatic carbocycles. The average molecular weight is 219 g/mol. The molecule has 1 radical (unpaired) electrons. The number of ether oxygens (including phenoxy) is 2. The summed E-state index contributed by atoms with van der Waals surface area (Å²) in [6, 6.07) is 5.51. The molecule has 1 rings (SSSR count). The van der Waals surface area contributed by atoms with E-state index in [1.807, 2.05) is 25.1 Å². The van der Waals surface area contributed by atoms with Gasteiger partial charge >= 0.3 is 0 Å². The summed E-state index contributed by atoms with van der Waals surface area (Å²) < 4.78 is 10.7. The van der Waals surface area contributed by atoms with E-state index in [0.717, 1.165) is 17.7 Å². The van der Waals surface area contributed by atoms with Gasteiger partial charge in [0, 0.05) is 0 Å². The Kier molecular flexibility index (Phi) is 5.12. The Bertz CT molecular complexity index is 369. The summed E-state index contributed by atoms with van der Waals surface area (Å²) in [5.41, 5.74) is 0.879. The molecule has 3 heteroatoms. The van der Waals surface area contributed by atoms with Crippen molar-refractivity contribution in [2.45, 2.75) is 13.3 Å². The third-order valence-corrected chi connectivity index (χ3v) is 1.99. The summed E-state index contributed by atoms with van der Waals surface area (Å²) in [7, 11) is 1.59. The number of benzene rings is 1. The molecule has 0 spiro atoms. The highest BCUT2D eigenvalue weighted by atomic mass is 16.5. The molecule has 0 aliphatic carbocycles. The molecule has 0 bridgehead atoms. The highest BCUT2D eigenvalue weighted by Crippen LogP contribution is 2.28. The van der Waals surface area contributed by atoms with Gasteiger partial charge in [-0.25, -0.2) is 0 Å². The quantitative estimate of drug-likeness (QED) is 0.690. The summed E-state index contributed by atoms with van der Waals surface area (Å²) in [5.74, 6) is 1.39. The zero-order chi connectivity index (χ0) is 11.8.